The lowest BCUT2D eigenvalue weighted by Gasteiger charge is -2.33. The first-order chi connectivity index (χ1) is 15.4. The highest BCUT2D eigenvalue weighted by atomic mass is 32.1. The summed E-state index contributed by atoms with van der Waals surface area (Å²) in [6.07, 6.45) is 7.10. The van der Waals surface area contributed by atoms with Gasteiger partial charge in [0.15, 0.2) is 0 Å². The third kappa shape index (κ3) is 8.32. The van der Waals surface area contributed by atoms with E-state index >= 15 is 0 Å². The number of aliphatic hydroxyl groups is 1. The predicted octanol–water partition coefficient (Wildman–Crippen LogP) is 5.95. The van der Waals surface area contributed by atoms with Gasteiger partial charge in [0.2, 0.25) is 5.91 Å². The van der Waals surface area contributed by atoms with Crippen LogP contribution in [0.4, 0.5) is 0 Å². The van der Waals surface area contributed by atoms with E-state index in [-0.39, 0.29) is 30.1 Å². The Bertz CT molecular complexity index is 829. The Morgan fingerprint density at radius 2 is 1.82 bits per heavy atom. The number of aromatic nitrogens is 1. The minimum atomic E-state index is -1.01. The Morgan fingerprint density at radius 1 is 1.15 bits per heavy atom. The van der Waals surface area contributed by atoms with Crippen molar-refractivity contribution in [3.63, 3.8) is 0 Å². The first kappa shape index (κ1) is 27.7. The molecule has 1 amide bonds. The summed E-state index contributed by atoms with van der Waals surface area (Å²) in [6, 6.07) is -0.112. The van der Waals surface area contributed by atoms with Gasteiger partial charge in [0.05, 0.1) is 34.7 Å². The van der Waals surface area contributed by atoms with Crippen molar-refractivity contribution in [1.82, 2.24) is 10.3 Å². The van der Waals surface area contributed by atoms with Gasteiger partial charge in [-0.3, -0.25) is 9.59 Å². The van der Waals surface area contributed by atoms with Gasteiger partial charge in [-0.2, -0.15) is 0 Å². The molecule has 1 saturated heterocycles. The number of aliphatic hydroxyl groups excluding tert-OH is 1. The number of aryl methyl sites for hydroxylation is 1. The van der Waals surface area contributed by atoms with Gasteiger partial charge in [0.1, 0.15) is 5.78 Å². The van der Waals surface area contributed by atoms with E-state index in [9.17, 15) is 14.7 Å². The number of Topliss-reactive ketones (excluding diaryl/α,β-unsaturated/α-hetero) is 1. The topological polar surface area (TPSA) is 79.3 Å². The lowest BCUT2D eigenvalue weighted by atomic mass is 9.74. The Balaban J connectivity index is 2.24. The number of hydrogen-bond donors (Lipinski definition) is 2. The van der Waals surface area contributed by atoms with E-state index in [1.54, 1.807) is 25.2 Å². The van der Waals surface area contributed by atoms with Crippen molar-refractivity contribution in [3.05, 3.63) is 21.7 Å². The van der Waals surface area contributed by atoms with Crippen LogP contribution < -0.4 is 5.32 Å². The highest BCUT2D eigenvalue weighted by Crippen LogP contribution is 2.32. The van der Waals surface area contributed by atoms with Gasteiger partial charge in [0.25, 0.3) is 0 Å². The quantitative estimate of drug-likeness (QED) is 0.553. The molecule has 186 valence electrons. The van der Waals surface area contributed by atoms with E-state index in [2.05, 4.69) is 24.1 Å². The summed E-state index contributed by atoms with van der Waals surface area (Å²) in [7, 11) is 0. The lowest BCUT2D eigenvalue weighted by molar-refractivity contribution is -0.139. The molecule has 5 atom stereocenters. The van der Waals surface area contributed by atoms with Crippen molar-refractivity contribution in [2.24, 2.45) is 23.2 Å². The van der Waals surface area contributed by atoms with Crippen LogP contribution in [0.5, 0.6) is 0 Å². The molecule has 5 nitrogen and oxygen atoms in total. The summed E-state index contributed by atoms with van der Waals surface area (Å²) in [5.41, 5.74) is 1.02. The Morgan fingerprint density at radius 3 is 2.45 bits per heavy atom. The van der Waals surface area contributed by atoms with Gasteiger partial charge in [-0.1, -0.05) is 53.9 Å². The van der Waals surface area contributed by atoms with E-state index in [1.165, 1.54) is 0 Å². The molecular formula is C27H44N2O3S. The van der Waals surface area contributed by atoms with Gasteiger partial charge in [-0.05, 0) is 56.6 Å². The Hall–Kier alpha value is -1.53. The van der Waals surface area contributed by atoms with Gasteiger partial charge < -0.3 is 10.4 Å². The number of rotatable bonds is 2. The molecule has 33 heavy (non-hydrogen) atoms. The molecule has 0 spiro atoms. The predicted molar refractivity (Wildman–Crippen MR) is 137 cm³/mol. The zero-order valence-corrected chi connectivity index (χ0v) is 22.4. The van der Waals surface area contributed by atoms with Crippen molar-refractivity contribution >= 4 is 29.1 Å². The number of carbonyl (C=O) groups is 2. The standard InChI is InChI=1S/C27H44N2O3S/c1-17-9-8-10-18(2)13-20(4)26(32)27(6,7)24(30)15-25(31)29-23(12-11-17)19(3)14-22-16-33-21(5)28-22/h14,16-18,20,23-24,30H,8-13,15H2,1-7H3,(H,29,31)/b19-14+/t17-,18-,20+,23-,24-/m0/s1. The Labute approximate surface area is 204 Å². The molecular weight excluding hydrogens is 432 g/mol. The SMILES string of the molecule is C/C(=C\c1csc(C)n1)[C@@H]1CC[C@@H](C)CCC[C@H](C)C[C@@H](C)C(=O)C(C)(C)[C@@H](O)CC(=O)N1. The Kier molecular flexibility index (Phi) is 10.3. The van der Waals surface area contributed by atoms with Gasteiger partial charge in [-0.15, -0.1) is 11.3 Å². The molecule has 0 bridgehead atoms. The molecule has 1 aromatic rings. The van der Waals surface area contributed by atoms with Crippen LogP contribution >= 0.6 is 11.3 Å². The molecule has 1 aromatic heterocycles. The van der Waals surface area contributed by atoms with Crippen LogP contribution in [0.15, 0.2) is 11.0 Å². The maximum absolute atomic E-state index is 13.1. The minimum absolute atomic E-state index is 0.0432. The number of nitrogens with one attached hydrogen (secondary N) is 1. The van der Waals surface area contributed by atoms with E-state index in [4.69, 9.17) is 0 Å². The van der Waals surface area contributed by atoms with E-state index in [1.807, 2.05) is 32.2 Å². The molecule has 0 radical (unpaired) electrons. The maximum atomic E-state index is 13.1. The summed E-state index contributed by atoms with van der Waals surface area (Å²) in [4.78, 5) is 30.6. The van der Waals surface area contributed by atoms with Crippen LogP contribution in [0.25, 0.3) is 6.08 Å². The molecule has 2 rings (SSSR count). The van der Waals surface area contributed by atoms with Crippen molar-refractivity contribution in [3.8, 4) is 0 Å². The van der Waals surface area contributed by atoms with Crippen LogP contribution in [0, 0.1) is 30.1 Å². The second-order valence-electron chi connectivity index (χ2n) is 11.0. The van der Waals surface area contributed by atoms with Crippen LogP contribution in [0.3, 0.4) is 0 Å². The zero-order valence-electron chi connectivity index (χ0n) is 21.6. The molecule has 0 aromatic carbocycles. The normalized spacial score (nSPS) is 31.3. The summed E-state index contributed by atoms with van der Waals surface area (Å²) in [5, 5.41) is 17.1. The molecule has 1 aliphatic heterocycles. The average molecular weight is 477 g/mol. The highest BCUT2D eigenvalue weighted by Gasteiger charge is 2.39. The monoisotopic (exact) mass is 476 g/mol. The summed E-state index contributed by atoms with van der Waals surface area (Å²) in [5.74, 6) is 0.748. The highest BCUT2D eigenvalue weighted by molar-refractivity contribution is 7.09. The van der Waals surface area contributed by atoms with E-state index in [0.717, 1.165) is 54.8 Å². The maximum Gasteiger partial charge on any atom is 0.223 e. The molecule has 1 aliphatic rings. The fraction of sp³-hybridized carbons (Fsp3) is 0.741. The largest absolute Gasteiger partial charge is 0.392 e. The van der Waals surface area contributed by atoms with Gasteiger partial charge in [-0.25, -0.2) is 4.98 Å². The smallest absolute Gasteiger partial charge is 0.223 e. The molecule has 6 heteroatoms. The fourth-order valence-electron chi connectivity index (χ4n) is 4.92. The van der Waals surface area contributed by atoms with Crippen LogP contribution in [0.1, 0.15) is 97.2 Å². The molecule has 2 N–H and O–H groups in total. The molecule has 1 fully saturated rings. The van der Waals surface area contributed by atoms with E-state index < -0.39 is 11.5 Å². The zero-order chi connectivity index (χ0) is 24.8. The summed E-state index contributed by atoms with van der Waals surface area (Å²) >= 11 is 1.61. The number of ketones is 1. The average Bonchev–Trinajstić information content (AvgIpc) is 3.13. The van der Waals surface area contributed by atoms with Crippen LogP contribution in [0.2, 0.25) is 0 Å². The first-order valence-corrected chi connectivity index (χ1v) is 13.4. The van der Waals surface area contributed by atoms with E-state index in [0.29, 0.717) is 11.8 Å². The summed E-state index contributed by atoms with van der Waals surface area (Å²) in [6.45, 7) is 14.0. The number of carbonyl (C=O) groups excluding carboxylic acids is 2. The van der Waals surface area contributed by atoms with Crippen molar-refractivity contribution in [2.75, 3.05) is 0 Å². The molecule has 2 heterocycles. The minimum Gasteiger partial charge on any atom is -0.392 e. The molecule has 0 unspecified atom stereocenters. The van der Waals surface area contributed by atoms with Crippen LogP contribution in [-0.4, -0.2) is 33.9 Å². The number of nitrogens with zero attached hydrogens (tertiary/aromatic N) is 1. The molecule has 0 saturated carbocycles. The molecule has 0 aliphatic carbocycles. The number of thiazole rings is 1. The lowest BCUT2D eigenvalue weighted by Crippen LogP contribution is -2.45. The van der Waals surface area contributed by atoms with Crippen molar-refractivity contribution < 1.29 is 14.7 Å². The van der Waals surface area contributed by atoms with Gasteiger partial charge >= 0.3 is 0 Å². The second kappa shape index (κ2) is 12.3. The summed E-state index contributed by atoms with van der Waals surface area (Å²) < 4.78 is 0. The first-order valence-electron chi connectivity index (χ1n) is 12.5. The second-order valence-corrected chi connectivity index (χ2v) is 12.0. The number of amides is 1. The number of hydrogen-bond acceptors (Lipinski definition) is 5. The third-order valence-corrected chi connectivity index (χ3v) is 8.08. The third-order valence-electron chi connectivity index (χ3n) is 7.29. The van der Waals surface area contributed by atoms with Gasteiger partial charge in [0, 0.05) is 11.3 Å². The van der Waals surface area contributed by atoms with Crippen molar-refractivity contribution in [1.29, 1.82) is 0 Å². The fourth-order valence-corrected chi connectivity index (χ4v) is 5.49. The van der Waals surface area contributed by atoms with Crippen molar-refractivity contribution in [2.45, 2.75) is 106 Å². The van der Waals surface area contributed by atoms with Crippen LogP contribution in [-0.2, 0) is 9.59 Å².